The van der Waals surface area contributed by atoms with E-state index in [1.807, 2.05) is 30.3 Å². The molecule has 6 heteroatoms. The minimum Gasteiger partial charge on any atom is -0.502 e. The molecule has 6 nitrogen and oxygen atoms in total. The van der Waals surface area contributed by atoms with Crippen molar-refractivity contribution in [1.29, 1.82) is 0 Å². The maximum atomic E-state index is 13.0. The molecule has 0 unspecified atom stereocenters. The number of hydrogen-bond acceptors (Lipinski definition) is 5. The van der Waals surface area contributed by atoms with Crippen molar-refractivity contribution in [2.45, 2.75) is 0 Å². The van der Waals surface area contributed by atoms with E-state index in [1.165, 1.54) is 7.11 Å². The number of anilines is 1. The molecule has 0 aliphatic carbocycles. The van der Waals surface area contributed by atoms with Gasteiger partial charge in [0.25, 0.3) is 5.91 Å². The van der Waals surface area contributed by atoms with Crippen LogP contribution in [0.2, 0.25) is 0 Å². The van der Waals surface area contributed by atoms with Crippen molar-refractivity contribution in [1.82, 2.24) is 0 Å². The molecule has 0 aromatic heterocycles. The minimum absolute atomic E-state index is 0.0861. The summed E-state index contributed by atoms with van der Waals surface area (Å²) in [6.45, 7) is 0. The highest BCUT2D eigenvalue weighted by Gasteiger charge is 2.41. The van der Waals surface area contributed by atoms with Crippen molar-refractivity contribution in [2.24, 2.45) is 0 Å². The summed E-state index contributed by atoms with van der Waals surface area (Å²) in [7, 11) is 1.46. The molecule has 0 saturated carbocycles. The summed E-state index contributed by atoms with van der Waals surface area (Å²) >= 11 is 0. The largest absolute Gasteiger partial charge is 0.502 e. The Hall–Kier alpha value is -4.06. The molecule has 0 bridgehead atoms. The lowest BCUT2D eigenvalue weighted by molar-refractivity contribution is -0.121. The SMILES string of the molecule is COc1ccccc1C1=C(O)C(=O)N(c2ccc(Oc3ccccc3)cc2)C1=O. The van der Waals surface area contributed by atoms with Crippen LogP contribution in [-0.2, 0) is 9.59 Å². The highest BCUT2D eigenvalue weighted by Crippen LogP contribution is 2.36. The Morgan fingerprint density at radius 2 is 1.38 bits per heavy atom. The Bertz CT molecular complexity index is 1100. The van der Waals surface area contributed by atoms with E-state index >= 15 is 0 Å². The van der Waals surface area contributed by atoms with E-state index in [0.29, 0.717) is 28.5 Å². The molecular formula is C23H17NO5. The lowest BCUT2D eigenvalue weighted by Gasteiger charge is -2.15. The van der Waals surface area contributed by atoms with Gasteiger partial charge < -0.3 is 14.6 Å². The standard InChI is InChI=1S/C23H17NO5/c1-28-19-10-6-5-9-18(19)20-21(25)23(27)24(22(20)26)15-11-13-17(14-12-15)29-16-7-3-2-4-8-16/h2-14,25H,1H3. The van der Waals surface area contributed by atoms with Crippen molar-refractivity contribution >= 4 is 23.1 Å². The van der Waals surface area contributed by atoms with Crippen LogP contribution in [0.5, 0.6) is 17.2 Å². The molecule has 2 amide bonds. The molecular weight excluding hydrogens is 370 g/mol. The fourth-order valence-electron chi connectivity index (χ4n) is 3.13. The molecule has 29 heavy (non-hydrogen) atoms. The number of amides is 2. The monoisotopic (exact) mass is 387 g/mol. The van der Waals surface area contributed by atoms with E-state index in [4.69, 9.17) is 9.47 Å². The van der Waals surface area contributed by atoms with Crippen LogP contribution in [0.3, 0.4) is 0 Å². The first-order chi connectivity index (χ1) is 14.1. The van der Waals surface area contributed by atoms with E-state index in [0.717, 1.165) is 4.90 Å². The van der Waals surface area contributed by atoms with Crippen LogP contribution >= 0.6 is 0 Å². The number of carbonyl (C=O) groups is 2. The number of nitrogens with zero attached hydrogens (tertiary/aromatic N) is 1. The van der Waals surface area contributed by atoms with Crippen LogP contribution in [0, 0.1) is 0 Å². The quantitative estimate of drug-likeness (QED) is 0.660. The fraction of sp³-hybridized carbons (Fsp3) is 0.0435. The topological polar surface area (TPSA) is 76.1 Å². The number of ether oxygens (including phenoxy) is 2. The molecule has 0 saturated heterocycles. The van der Waals surface area contributed by atoms with Gasteiger partial charge in [0, 0.05) is 5.56 Å². The summed E-state index contributed by atoms with van der Waals surface area (Å²) in [5, 5.41) is 10.4. The van der Waals surface area contributed by atoms with Crippen LogP contribution in [-0.4, -0.2) is 24.0 Å². The summed E-state index contributed by atoms with van der Waals surface area (Å²) < 4.78 is 11.0. The predicted molar refractivity (Wildman–Crippen MR) is 108 cm³/mol. The van der Waals surface area contributed by atoms with E-state index < -0.39 is 17.6 Å². The summed E-state index contributed by atoms with van der Waals surface area (Å²) in [5.41, 5.74) is 0.603. The van der Waals surface area contributed by atoms with Gasteiger partial charge in [-0.15, -0.1) is 0 Å². The second kappa shape index (κ2) is 7.52. The van der Waals surface area contributed by atoms with Crippen LogP contribution in [0.25, 0.3) is 5.57 Å². The number of aliphatic hydroxyl groups is 1. The minimum atomic E-state index is -0.785. The van der Waals surface area contributed by atoms with Gasteiger partial charge in [0.2, 0.25) is 0 Å². The fourth-order valence-corrected chi connectivity index (χ4v) is 3.13. The second-order valence-electron chi connectivity index (χ2n) is 6.28. The third kappa shape index (κ3) is 3.32. The lowest BCUT2D eigenvalue weighted by atomic mass is 10.0. The molecule has 0 radical (unpaired) electrons. The molecule has 0 spiro atoms. The van der Waals surface area contributed by atoms with Crippen LogP contribution in [0.15, 0.2) is 84.6 Å². The van der Waals surface area contributed by atoms with E-state index in [2.05, 4.69) is 0 Å². The molecule has 0 fully saturated rings. The van der Waals surface area contributed by atoms with Crippen molar-refractivity contribution in [3.63, 3.8) is 0 Å². The van der Waals surface area contributed by atoms with E-state index in [9.17, 15) is 14.7 Å². The average Bonchev–Trinajstić information content (AvgIpc) is 2.98. The van der Waals surface area contributed by atoms with E-state index in [-0.39, 0.29) is 5.57 Å². The first-order valence-corrected chi connectivity index (χ1v) is 8.88. The third-order valence-electron chi connectivity index (χ3n) is 4.51. The van der Waals surface area contributed by atoms with Crippen molar-refractivity contribution < 1.29 is 24.2 Å². The Kier molecular flexibility index (Phi) is 4.75. The predicted octanol–water partition coefficient (Wildman–Crippen LogP) is 4.33. The molecule has 1 aliphatic heterocycles. The summed E-state index contributed by atoms with van der Waals surface area (Å²) in [4.78, 5) is 26.5. The van der Waals surface area contributed by atoms with Crippen LogP contribution in [0.1, 0.15) is 5.56 Å². The van der Waals surface area contributed by atoms with Crippen molar-refractivity contribution in [2.75, 3.05) is 12.0 Å². The Labute approximate surface area is 167 Å². The highest BCUT2D eigenvalue weighted by molar-refractivity contribution is 6.45. The molecule has 0 atom stereocenters. The molecule has 3 aromatic carbocycles. The second-order valence-corrected chi connectivity index (χ2v) is 6.28. The number of methoxy groups -OCH3 is 1. The Balaban J connectivity index is 1.62. The molecule has 1 N–H and O–H groups in total. The first-order valence-electron chi connectivity index (χ1n) is 8.88. The number of rotatable bonds is 5. The maximum Gasteiger partial charge on any atom is 0.301 e. The van der Waals surface area contributed by atoms with Crippen molar-refractivity contribution in [3.8, 4) is 17.2 Å². The van der Waals surface area contributed by atoms with Crippen molar-refractivity contribution in [3.05, 3.63) is 90.2 Å². The lowest BCUT2D eigenvalue weighted by Crippen LogP contribution is -2.31. The molecule has 1 aliphatic rings. The van der Waals surface area contributed by atoms with Crippen LogP contribution < -0.4 is 14.4 Å². The summed E-state index contributed by atoms with van der Waals surface area (Å²) in [5.74, 6) is -0.387. The van der Waals surface area contributed by atoms with Gasteiger partial charge in [0.15, 0.2) is 5.76 Å². The Morgan fingerprint density at radius 1 is 0.759 bits per heavy atom. The van der Waals surface area contributed by atoms with Gasteiger partial charge in [-0.3, -0.25) is 9.59 Å². The zero-order valence-corrected chi connectivity index (χ0v) is 15.5. The number of aliphatic hydroxyl groups excluding tert-OH is 1. The molecule has 1 heterocycles. The van der Waals surface area contributed by atoms with Gasteiger partial charge in [-0.25, -0.2) is 4.90 Å². The molecule has 144 valence electrons. The first kappa shape index (κ1) is 18.3. The zero-order valence-electron chi connectivity index (χ0n) is 15.5. The van der Waals surface area contributed by atoms with Crippen LogP contribution in [0.4, 0.5) is 5.69 Å². The number of para-hydroxylation sites is 2. The van der Waals surface area contributed by atoms with Gasteiger partial charge in [0.05, 0.1) is 18.4 Å². The highest BCUT2D eigenvalue weighted by atomic mass is 16.5. The summed E-state index contributed by atoms with van der Waals surface area (Å²) in [6.07, 6.45) is 0. The zero-order chi connectivity index (χ0) is 20.4. The number of imide groups is 1. The van der Waals surface area contributed by atoms with Gasteiger partial charge in [-0.05, 0) is 42.5 Å². The smallest absolute Gasteiger partial charge is 0.301 e. The molecule has 3 aromatic rings. The van der Waals surface area contributed by atoms with E-state index in [1.54, 1.807) is 48.5 Å². The van der Waals surface area contributed by atoms with Gasteiger partial charge in [-0.2, -0.15) is 0 Å². The normalized spacial score (nSPS) is 13.8. The average molecular weight is 387 g/mol. The third-order valence-corrected chi connectivity index (χ3v) is 4.51. The van der Waals surface area contributed by atoms with Gasteiger partial charge in [0.1, 0.15) is 17.2 Å². The van der Waals surface area contributed by atoms with Gasteiger partial charge >= 0.3 is 5.91 Å². The molecule has 4 rings (SSSR count). The number of benzene rings is 3. The summed E-state index contributed by atoms with van der Waals surface area (Å²) in [6, 6.07) is 22.5. The number of carbonyl (C=O) groups excluding carboxylic acids is 2. The van der Waals surface area contributed by atoms with Gasteiger partial charge in [-0.1, -0.05) is 36.4 Å². The Morgan fingerprint density at radius 3 is 2.07 bits per heavy atom. The number of hydrogen-bond donors (Lipinski definition) is 1. The maximum absolute atomic E-state index is 13.0.